The summed E-state index contributed by atoms with van der Waals surface area (Å²) in [6.45, 7) is 4.18. The van der Waals surface area contributed by atoms with E-state index in [0.29, 0.717) is 35.8 Å². The number of anilines is 1. The van der Waals surface area contributed by atoms with Crippen molar-refractivity contribution in [2.45, 2.75) is 12.5 Å². The minimum atomic E-state index is -0.420. The van der Waals surface area contributed by atoms with Crippen LogP contribution >= 0.6 is 0 Å². The average Bonchev–Trinajstić information content (AvgIpc) is 3.14. The van der Waals surface area contributed by atoms with Crippen molar-refractivity contribution in [2.75, 3.05) is 44.8 Å². The molecule has 2 saturated heterocycles. The molecule has 28 heavy (non-hydrogen) atoms. The lowest BCUT2D eigenvalue weighted by Gasteiger charge is -2.37. The number of carbonyl (C=O) groups is 1. The summed E-state index contributed by atoms with van der Waals surface area (Å²) in [5.41, 5.74) is 0.485. The maximum absolute atomic E-state index is 13.0. The van der Waals surface area contributed by atoms with Gasteiger partial charge in [-0.1, -0.05) is 6.07 Å². The highest BCUT2D eigenvalue weighted by Gasteiger charge is 2.37. The molecule has 0 bridgehead atoms. The second-order valence-electron chi connectivity index (χ2n) is 7.23. The Hall–Kier alpha value is -2.74. The number of rotatable bonds is 5. The molecule has 148 valence electrons. The summed E-state index contributed by atoms with van der Waals surface area (Å²) in [5.74, 6) is 0.888. The van der Waals surface area contributed by atoms with Gasteiger partial charge in [0.05, 0.1) is 31.7 Å². The van der Waals surface area contributed by atoms with E-state index in [1.807, 2.05) is 6.07 Å². The van der Waals surface area contributed by atoms with Gasteiger partial charge in [-0.3, -0.25) is 4.90 Å². The first-order valence-electron chi connectivity index (χ1n) is 9.40. The standard InChI is InChI=1S/C20H23FN4O3/c1-27-19(26)15-3-2-4-18(8-15)28-13-14-7-17-12-25(6-5-24(17)11-14)20-22-9-16(21)10-23-20/h2-4,8-10,14,17H,5-7,11-13H2,1H3/t14-,17-/m0/s1. The molecule has 2 aromatic rings. The van der Waals surface area contributed by atoms with Crippen molar-refractivity contribution in [3.05, 3.63) is 48.0 Å². The molecule has 2 fully saturated rings. The van der Waals surface area contributed by atoms with E-state index in [1.165, 1.54) is 19.5 Å². The number of hydrogen-bond acceptors (Lipinski definition) is 7. The van der Waals surface area contributed by atoms with Gasteiger partial charge in [0.25, 0.3) is 0 Å². The molecule has 0 radical (unpaired) electrons. The van der Waals surface area contributed by atoms with Gasteiger partial charge in [0, 0.05) is 38.1 Å². The van der Waals surface area contributed by atoms with E-state index < -0.39 is 5.82 Å². The van der Waals surface area contributed by atoms with Crippen LogP contribution < -0.4 is 9.64 Å². The molecule has 0 N–H and O–H groups in total. The SMILES string of the molecule is COC(=O)c1cccc(OC[C@H]2C[C@H]3CN(c4ncc(F)cn4)CCN3C2)c1. The summed E-state index contributed by atoms with van der Waals surface area (Å²) in [4.78, 5) is 24.4. The molecule has 8 heteroatoms. The molecule has 2 aliphatic rings. The molecular formula is C20H23FN4O3. The van der Waals surface area contributed by atoms with Crippen molar-refractivity contribution in [2.24, 2.45) is 5.92 Å². The van der Waals surface area contributed by atoms with E-state index >= 15 is 0 Å². The Kier molecular flexibility index (Phi) is 5.38. The predicted octanol–water partition coefficient (Wildman–Crippen LogP) is 1.99. The number of halogens is 1. The van der Waals surface area contributed by atoms with Gasteiger partial charge in [-0.2, -0.15) is 0 Å². The van der Waals surface area contributed by atoms with Crippen LogP contribution in [0.3, 0.4) is 0 Å². The fourth-order valence-corrected chi connectivity index (χ4v) is 3.96. The van der Waals surface area contributed by atoms with Crippen molar-refractivity contribution < 1.29 is 18.7 Å². The highest BCUT2D eigenvalue weighted by molar-refractivity contribution is 5.89. The molecule has 4 rings (SSSR count). The lowest BCUT2D eigenvalue weighted by molar-refractivity contribution is 0.0600. The number of hydrogen-bond donors (Lipinski definition) is 0. The van der Waals surface area contributed by atoms with E-state index in [2.05, 4.69) is 19.8 Å². The zero-order chi connectivity index (χ0) is 19.5. The van der Waals surface area contributed by atoms with Crippen LogP contribution in [-0.4, -0.2) is 66.8 Å². The summed E-state index contributed by atoms with van der Waals surface area (Å²) in [7, 11) is 1.37. The van der Waals surface area contributed by atoms with Gasteiger partial charge in [0.15, 0.2) is 5.82 Å². The molecule has 3 heterocycles. The molecule has 0 spiro atoms. The third kappa shape index (κ3) is 4.06. The van der Waals surface area contributed by atoms with Gasteiger partial charge in [0.2, 0.25) is 5.95 Å². The van der Waals surface area contributed by atoms with Crippen LogP contribution in [0.2, 0.25) is 0 Å². The largest absolute Gasteiger partial charge is 0.493 e. The monoisotopic (exact) mass is 386 g/mol. The number of fused-ring (bicyclic) bond motifs is 1. The summed E-state index contributed by atoms with van der Waals surface area (Å²) < 4.78 is 23.7. The lowest BCUT2D eigenvalue weighted by Crippen LogP contribution is -2.50. The number of nitrogens with zero attached hydrogens (tertiary/aromatic N) is 4. The topological polar surface area (TPSA) is 67.8 Å². The number of ether oxygens (including phenoxy) is 2. The van der Waals surface area contributed by atoms with Gasteiger partial charge >= 0.3 is 5.97 Å². The van der Waals surface area contributed by atoms with E-state index in [0.717, 1.165) is 32.6 Å². The minimum Gasteiger partial charge on any atom is -0.493 e. The molecule has 0 amide bonds. The number of methoxy groups -OCH3 is 1. The summed E-state index contributed by atoms with van der Waals surface area (Å²) in [6.07, 6.45) is 3.44. The first kappa shape index (κ1) is 18.6. The van der Waals surface area contributed by atoms with Crippen molar-refractivity contribution in [1.29, 1.82) is 0 Å². The third-order valence-electron chi connectivity index (χ3n) is 5.33. The molecule has 1 aromatic carbocycles. The number of esters is 1. The van der Waals surface area contributed by atoms with E-state index in [9.17, 15) is 9.18 Å². The van der Waals surface area contributed by atoms with Crippen molar-refractivity contribution >= 4 is 11.9 Å². The normalized spacial score (nSPS) is 22.0. The van der Waals surface area contributed by atoms with Crippen LogP contribution in [0.1, 0.15) is 16.8 Å². The third-order valence-corrected chi connectivity index (χ3v) is 5.33. The molecule has 0 unspecified atom stereocenters. The summed E-state index contributed by atoms with van der Waals surface area (Å²) >= 11 is 0. The zero-order valence-electron chi connectivity index (χ0n) is 15.8. The number of benzene rings is 1. The lowest BCUT2D eigenvalue weighted by atomic mass is 10.1. The number of aromatic nitrogens is 2. The Morgan fingerprint density at radius 3 is 2.86 bits per heavy atom. The quantitative estimate of drug-likeness (QED) is 0.728. The zero-order valence-corrected chi connectivity index (χ0v) is 15.8. The second-order valence-corrected chi connectivity index (χ2v) is 7.23. The van der Waals surface area contributed by atoms with Crippen LogP contribution in [0, 0.1) is 11.7 Å². The average molecular weight is 386 g/mol. The molecule has 2 atom stereocenters. The van der Waals surface area contributed by atoms with Crippen LogP contribution in [0.15, 0.2) is 36.7 Å². The Morgan fingerprint density at radius 2 is 2.07 bits per heavy atom. The molecule has 2 aliphatic heterocycles. The summed E-state index contributed by atoms with van der Waals surface area (Å²) in [5, 5.41) is 0. The van der Waals surface area contributed by atoms with Crippen LogP contribution in [0.5, 0.6) is 5.75 Å². The van der Waals surface area contributed by atoms with Gasteiger partial charge < -0.3 is 14.4 Å². The van der Waals surface area contributed by atoms with E-state index in [1.54, 1.807) is 18.2 Å². The van der Waals surface area contributed by atoms with Gasteiger partial charge in [-0.15, -0.1) is 0 Å². The van der Waals surface area contributed by atoms with Gasteiger partial charge in [-0.25, -0.2) is 19.2 Å². The molecular weight excluding hydrogens is 363 g/mol. The fraction of sp³-hybridized carbons (Fsp3) is 0.450. The fourth-order valence-electron chi connectivity index (χ4n) is 3.96. The second kappa shape index (κ2) is 8.10. The highest BCUT2D eigenvalue weighted by atomic mass is 19.1. The molecule has 1 aromatic heterocycles. The molecule has 0 saturated carbocycles. The smallest absolute Gasteiger partial charge is 0.337 e. The van der Waals surface area contributed by atoms with Crippen LogP contribution in [0.25, 0.3) is 0 Å². The maximum atomic E-state index is 13.0. The minimum absolute atomic E-state index is 0.369. The van der Waals surface area contributed by atoms with Crippen molar-refractivity contribution in [1.82, 2.24) is 14.9 Å². The Labute approximate surface area is 163 Å². The van der Waals surface area contributed by atoms with Crippen molar-refractivity contribution in [3.63, 3.8) is 0 Å². The van der Waals surface area contributed by atoms with Crippen molar-refractivity contribution in [3.8, 4) is 5.75 Å². The van der Waals surface area contributed by atoms with E-state index in [-0.39, 0.29) is 5.97 Å². The van der Waals surface area contributed by atoms with Gasteiger partial charge in [-0.05, 0) is 24.6 Å². The Bertz CT molecular complexity index is 832. The van der Waals surface area contributed by atoms with Crippen LogP contribution in [-0.2, 0) is 4.74 Å². The Balaban J connectivity index is 1.32. The first-order chi connectivity index (χ1) is 13.6. The Morgan fingerprint density at radius 1 is 1.25 bits per heavy atom. The number of piperazine rings is 1. The van der Waals surface area contributed by atoms with Crippen LogP contribution in [0.4, 0.5) is 10.3 Å². The van der Waals surface area contributed by atoms with E-state index in [4.69, 9.17) is 9.47 Å². The maximum Gasteiger partial charge on any atom is 0.337 e. The first-order valence-corrected chi connectivity index (χ1v) is 9.40. The number of carbonyl (C=O) groups excluding carboxylic acids is 1. The predicted molar refractivity (Wildman–Crippen MR) is 101 cm³/mol. The molecule has 0 aliphatic carbocycles. The summed E-state index contributed by atoms with van der Waals surface area (Å²) in [6, 6.07) is 7.47. The molecule has 7 nitrogen and oxygen atoms in total. The highest BCUT2D eigenvalue weighted by Crippen LogP contribution is 2.28. The van der Waals surface area contributed by atoms with Gasteiger partial charge in [0.1, 0.15) is 5.75 Å².